The lowest BCUT2D eigenvalue weighted by Crippen LogP contribution is -2.40. The van der Waals surface area contributed by atoms with Gasteiger partial charge in [0.2, 0.25) is 0 Å². The number of aliphatic carboxylic acids is 1. The maximum absolute atomic E-state index is 13.8. The summed E-state index contributed by atoms with van der Waals surface area (Å²) in [5.41, 5.74) is 1.11. The van der Waals surface area contributed by atoms with E-state index in [0.29, 0.717) is 34.3 Å². The van der Waals surface area contributed by atoms with Gasteiger partial charge in [0.1, 0.15) is 18.5 Å². The topological polar surface area (TPSA) is 67.8 Å². The number of nitrogens with one attached hydrogen (secondary N) is 1. The largest absolute Gasteiger partial charge is 0.490 e. The number of carboxylic acids is 1. The van der Waals surface area contributed by atoms with Crippen molar-refractivity contribution in [3.8, 4) is 11.5 Å². The van der Waals surface area contributed by atoms with Crippen LogP contribution in [0.2, 0.25) is 5.02 Å². The highest BCUT2D eigenvalue weighted by atomic mass is 35.5. The smallest absolute Gasteiger partial charge is 0.320 e. The van der Waals surface area contributed by atoms with Crippen LogP contribution in [-0.2, 0) is 17.9 Å². The second-order valence-electron chi connectivity index (χ2n) is 6.64. The molecular weight excluding hydrogens is 385 g/mol. The zero-order valence-corrected chi connectivity index (χ0v) is 16.9. The number of ether oxygens (including phenoxy) is 2. The third-order valence-corrected chi connectivity index (χ3v) is 4.55. The van der Waals surface area contributed by atoms with Gasteiger partial charge in [0.05, 0.1) is 6.61 Å². The molecule has 0 saturated heterocycles. The Morgan fingerprint density at radius 1 is 1.18 bits per heavy atom. The number of halogens is 2. The SMILES string of the molecule is CCOc1cc(CNC(C(=O)O)C(C)C)c(Cl)cc1OCc1ccccc1F. The number of carbonyl (C=O) groups is 1. The van der Waals surface area contributed by atoms with Crippen LogP contribution in [0.1, 0.15) is 31.9 Å². The molecule has 2 N–H and O–H groups in total. The van der Waals surface area contributed by atoms with Gasteiger partial charge >= 0.3 is 5.97 Å². The van der Waals surface area contributed by atoms with E-state index >= 15 is 0 Å². The third-order valence-electron chi connectivity index (χ3n) is 4.20. The predicted octanol–water partition coefficient (Wildman–Crippen LogP) is 4.66. The molecule has 0 aromatic heterocycles. The van der Waals surface area contributed by atoms with E-state index in [9.17, 15) is 14.3 Å². The Bertz CT molecular complexity index is 813. The molecule has 1 atom stereocenters. The Balaban J connectivity index is 2.18. The highest BCUT2D eigenvalue weighted by Gasteiger charge is 2.21. The van der Waals surface area contributed by atoms with E-state index in [1.165, 1.54) is 6.07 Å². The monoisotopic (exact) mass is 409 g/mol. The zero-order valence-electron chi connectivity index (χ0n) is 16.2. The Hall–Kier alpha value is -2.31. The van der Waals surface area contributed by atoms with Gasteiger partial charge in [-0.3, -0.25) is 4.79 Å². The molecule has 1 unspecified atom stereocenters. The molecule has 0 aliphatic heterocycles. The van der Waals surface area contributed by atoms with Gasteiger partial charge in [-0.2, -0.15) is 0 Å². The molecule has 5 nitrogen and oxygen atoms in total. The lowest BCUT2D eigenvalue weighted by Gasteiger charge is -2.19. The molecule has 2 rings (SSSR count). The maximum Gasteiger partial charge on any atom is 0.320 e. The number of hydrogen-bond acceptors (Lipinski definition) is 4. The standard InChI is InChI=1S/C21H25ClFNO4/c1-4-27-18-9-15(11-24-20(13(2)3)21(25)26)16(22)10-19(18)28-12-14-7-5-6-8-17(14)23/h5-10,13,20,24H,4,11-12H2,1-3H3,(H,25,26). The molecular formula is C21H25ClFNO4. The Labute approximate surface area is 169 Å². The Morgan fingerprint density at radius 3 is 2.46 bits per heavy atom. The fourth-order valence-corrected chi connectivity index (χ4v) is 2.91. The lowest BCUT2D eigenvalue weighted by atomic mass is 10.0. The first-order valence-electron chi connectivity index (χ1n) is 9.11. The normalized spacial score (nSPS) is 12.1. The number of benzene rings is 2. The van der Waals surface area contributed by atoms with Crippen molar-refractivity contribution in [1.29, 1.82) is 0 Å². The molecule has 0 amide bonds. The molecule has 0 aliphatic rings. The van der Waals surface area contributed by atoms with Crippen molar-refractivity contribution in [3.05, 3.63) is 58.4 Å². The lowest BCUT2D eigenvalue weighted by molar-refractivity contribution is -0.140. The van der Waals surface area contributed by atoms with E-state index in [1.807, 2.05) is 20.8 Å². The quantitative estimate of drug-likeness (QED) is 0.597. The molecule has 152 valence electrons. The van der Waals surface area contributed by atoms with Gasteiger partial charge in [0.15, 0.2) is 11.5 Å². The van der Waals surface area contributed by atoms with E-state index < -0.39 is 12.0 Å². The summed E-state index contributed by atoms with van der Waals surface area (Å²) in [6.45, 7) is 6.22. The minimum absolute atomic E-state index is 0.0368. The summed E-state index contributed by atoms with van der Waals surface area (Å²) in [6.07, 6.45) is 0. The Morgan fingerprint density at radius 2 is 1.86 bits per heavy atom. The summed E-state index contributed by atoms with van der Waals surface area (Å²) in [7, 11) is 0. The second-order valence-corrected chi connectivity index (χ2v) is 7.05. The molecule has 0 aliphatic carbocycles. The van der Waals surface area contributed by atoms with E-state index in [0.717, 1.165) is 0 Å². The van der Waals surface area contributed by atoms with Crippen LogP contribution >= 0.6 is 11.6 Å². The van der Waals surface area contributed by atoms with Crippen LogP contribution < -0.4 is 14.8 Å². The van der Waals surface area contributed by atoms with Crippen LogP contribution in [0.15, 0.2) is 36.4 Å². The number of hydrogen-bond donors (Lipinski definition) is 2. The summed E-state index contributed by atoms with van der Waals surface area (Å²) in [5.74, 6) is -0.471. The van der Waals surface area contributed by atoms with Crippen molar-refractivity contribution in [1.82, 2.24) is 5.32 Å². The third kappa shape index (κ3) is 5.84. The van der Waals surface area contributed by atoms with Crippen LogP contribution in [0.25, 0.3) is 0 Å². The first-order valence-corrected chi connectivity index (χ1v) is 9.48. The van der Waals surface area contributed by atoms with E-state index in [2.05, 4.69) is 5.32 Å². The first kappa shape index (κ1) is 22.0. The number of carboxylic acid groups (broad SMARTS) is 1. The van der Waals surface area contributed by atoms with Crippen molar-refractivity contribution < 1.29 is 23.8 Å². The predicted molar refractivity (Wildman–Crippen MR) is 106 cm³/mol. The van der Waals surface area contributed by atoms with Gasteiger partial charge in [0, 0.05) is 23.2 Å². The van der Waals surface area contributed by atoms with Gasteiger partial charge in [-0.1, -0.05) is 43.6 Å². The van der Waals surface area contributed by atoms with Gasteiger partial charge in [-0.25, -0.2) is 4.39 Å². The second kappa shape index (κ2) is 10.3. The molecule has 2 aromatic rings. The fourth-order valence-electron chi connectivity index (χ4n) is 2.69. The van der Waals surface area contributed by atoms with E-state index in [4.69, 9.17) is 21.1 Å². The van der Waals surface area contributed by atoms with Crippen LogP contribution in [0.5, 0.6) is 11.5 Å². The zero-order chi connectivity index (χ0) is 20.7. The van der Waals surface area contributed by atoms with Crippen LogP contribution in [0.4, 0.5) is 4.39 Å². The molecule has 0 fully saturated rings. The molecule has 0 heterocycles. The number of rotatable bonds is 10. The van der Waals surface area contributed by atoms with Crippen molar-refractivity contribution in [2.24, 2.45) is 5.92 Å². The average molecular weight is 410 g/mol. The minimum atomic E-state index is -0.916. The molecule has 0 bridgehead atoms. The van der Waals surface area contributed by atoms with Crippen molar-refractivity contribution >= 4 is 17.6 Å². The van der Waals surface area contributed by atoms with Gasteiger partial charge in [-0.05, 0) is 30.5 Å². The fraction of sp³-hybridized carbons (Fsp3) is 0.381. The van der Waals surface area contributed by atoms with Gasteiger partial charge in [0.25, 0.3) is 0 Å². The average Bonchev–Trinajstić information content (AvgIpc) is 2.63. The first-order chi connectivity index (χ1) is 13.3. The molecule has 28 heavy (non-hydrogen) atoms. The molecule has 7 heteroatoms. The molecule has 2 aromatic carbocycles. The minimum Gasteiger partial charge on any atom is -0.490 e. The van der Waals surface area contributed by atoms with E-state index in [1.54, 1.807) is 30.3 Å². The Kier molecular flexibility index (Phi) is 8.08. The highest BCUT2D eigenvalue weighted by molar-refractivity contribution is 6.31. The summed E-state index contributed by atoms with van der Waals surface area (Å²) in [5, 5.41) is 12.7. The van der Waals surface area contributed by atoms with Crippen molar-refractivity contribution in [3.63, 3.8) is 0 Å². The van der Waals surface area contributed by atoms with E-state index in [-0.39, 0.29) is 24.9 Å². The summed E-state index contributed by atoms with van der Waals surface area (Å²) in [6, 6.07) is 9.00. The van der Waals surface area contributed by atoms with Gasteiger partial charge in [-0.15, -0.1) is 0 Å². The molecule has 0 spiro atoms. The summed E-state index contributed by atoms with van der Waals surface area (Å²) < 4.78 is 25.2. The van der Waals surface area contributed by atoms with Crippen molar-refractivity contribution in [2.45, 2.75) is 40.0 Å². The van der Waals surface area contributed by atoms with Crippen molar-refractivity contribution in [2.75, 3.05) is 6.61 Å². The van der Waals surface area contributed by atoms with Crippen LogP contribution in [0.3, 0.4) is 0 Å². The summed E-state index contributed by atoms with van der Waals surface area (Å²) >= 11 is 6.36. The van der Waals surface area contributed by atoms with Crippen LogP contribution in [0, 0.1) is 11.7 Å². The highest BCUT2D eigenvalue weighted by Crippen LogP contribution is 2.34. The van der Waals surface area contributed by atoms with Gasteiger partial charge < -0.3 is 19.9 Å². The maximum atomic E-state index is 13.8. The summed E-state index contributed by atoms with van der Waals surface area (Å²) in [4.78, 5) is 11.3. The molecule has 0 saturated carbocycles. The molecule has 0 radical (unpaired) electrons. The van der Waals surface area contributed by atoms with Crippen LogP contribution in [-0.4, -0.2) is 23.7 Å².